The highest BCUT2D eigenvalue weighted by Crippen LogP contribution is 2.40. The molecule has 0 aliphatic rings. The highest BCUT2D eigenvalue weighted by atomic mass is 16.5. The van der Waals surface area contributed by atoms with Crippen molar-refractivity contribution in [2.75, 3.05) is 27.4 Å². The largest absolute Gasteiger partial charge is 0.496 e. The van der Waals surface area contributed by atoms with Crippen LogP contribution in [0.3, 0.4) is 0 Å². The summed E-state index contributed by atoms with van der Waals surface area (Å²) in [5.74, 6) is 0.586. The lowest BCUT2D eigenvalue weighted by molar-refractivity contribution is -0.116. The Morgan fingerprint density at radius 3 is 2.57 bits per heavy atom. The zero-order valence-corrected chi connectivity index (χ0v) is 18.3. The van der Waals surface area contributed by atoms with E-state index in [1.165, 1.54) is 5.56 Å². The maximum absolute atomic E-state index is 12.3. The summed E-state index contributed by atoms with van der Waals surface area (Å²) in [6.07, 6.45) is 4.17. The third kappa shape index (κ3) is 4.57. The Hall–Kier alpha value is -3.05. The number of hydrogen-bond donors (Lipinski definition) is 1. The number of hydrogen-bond acceptors (Lipinski definition) is 4. The number of nitrogens with one attached hydrogen (secondary N) is 1. The lowest BCUT2D eigenvalue weighted by Gasteiger charge is -2.13. The van der Waals surface area contributed by atoms with E-state index in [4.69, 9.17) is 13.9 Å². The molecule has 1 aromatic heterocycles. The van der Waals surface area contributed by atoms with Gasteiger partial charge in [0.15, 0.2) is 0 Å². The van der Waals surface area contributed by atoms with Crippen LogP contribution in [-0.4, -0.2) is 33.3 Å². The molecule has 3 rings (SSSR count). The van der Waals surface area contributed by atoms with Gasteiger partial charge in [-0.3, -0.25) is 4.79 Å². The molecule has 0 fully saturated rings. The van der Waals surface area contributed by atoms with Gasteiger partial charge in [-0.05, 0) is 44.4 Å². The number of rotatable bonds is 8. The Morgan fingerprint density at radius 2 is 1.90 bits per heavy atom. The Bertz CT molecular complexity index is 1060. The van der Waals surface area contributed by atoms with Crippen LogP contribution in [0, 0.1) is 13.8 Å². The Kier molecular flexibility index (Phi) is 6.95. The second kappa shape index (κ2) is 9.63. The zero-order chi connectivity index (χ0) is 21.7. The number of amides is 1. The van der Waals surface area contributed by atoms with Crippen LogP contribution in [-0.2, 0) is 9.53 Å². The number of carbonyl (C=O) groups is 1. The summed E-state index contributed by atoms with van der Waals surface area (Å²) in [5.41, 5.74) is 6.74. The van der Waals surface area contributed by atoms with Gasteiger partial charge in [0.25, 0.3) is 0 Å². The molecule has 0 atom stereocenters. The second-order valence-electron chi connectivity index (χ2n) is 7.44. The average Bonchev–Trinajstić information content (AvgIpc) is 3.16. The fourth-order valence-electron chi connectivity index (χ4n) is 3.58. The molecule has 30 heavy (non-hydrogen) atoms. The summed E-state index contributed by atoms with van der Waals surface area (Å²) in [7, 11) is 3.29. The van der Waals surface area contributed by atoms with Crippen molar-refractivity contribution >= 4 is 22.4 Å². The van der Waals surface area contributed by atoms with E-state index in [9.17, 15) is 4.79 Å². The molecule has 1 amide bonds. The summed E-state index contributed by atoms with van der Waals surface area (Å²) in [4.78, 5) is 12.3. The van der Waals surface area contributed by atoms with Crippen molar-refractivity contribution in [3.05, 3.63) is 59.4 Å². The summed E-state index contributed by atoms with van der Waals surface area (Å²) in [6.45, 7) is 7.16. The normalized spacial score (nSPS) is 11.7. The number of fused-ring (bicyclic) bond motifs is 1. The monoisotopic (exact) mass is 407 g/mol. The standard InChI is InChI=1S/C25H29NO4/c1-16-7-9-19(10-8-16)22-15-30-25-18(3)24(29-5)20(14-21(22)25)17(2)13-23(27)26-11-6-12-28-4/h7-10,13-15H,6,11-12H2,1-5H3,(H,26,27)/b17-13+. The maximum Gasteiger partial charge on any atom is 0.244 e. The van der Waals surface area contributed by atoms with Gasteiger partial charge in [0.05, 0.1) is 13.4 Å². The zero-order valence-electron chi connectivity index (χ0n) is 18.3. The van der Waals surface area contributed by atoms with Crippen molar-refractivity contribution in [2.24, 2.45) is 0 Å². The molecular weight excluding hydrogens is 378 g/mol. The van der Waals surface area contributed by atoms with Crippen molar-refractivity contribution in [1.82, 2.24) is 5.32 Å². The number of benzene rings is 2. The fourth-order valence-corrected chi connectivity index (χ4v) is 3.58. The molecule has 5 nitrogen and oxygen atoms in total. The quantitative estimate of drug-likeness (QED) is 0.408. The highest BCUT2D eigenvalue weighted by Gasteiger charge is 2.18. The lowest BCUT2D eigenvalue weighted by Crippen LogP contribution is -2.23. The first-order valence-electron chi connectivity index (χ1n) is 10.1. The molecule has 1 heterocycles. The van der Waals surface area contributed by atoms with E-state index >= 15 is 0 Å². The van der Waals surface area contributed by atoms with Crippen molar-refractivity contribution in [3.8, 4) is 16.9 Å². The molecule has 0 saturated heterocycles. The minimum atomic E-state index is -0.130. The SMILES string of the molecule is COCCCNC(=O)/C=C(\C)c1cc2c(-c3ccc(C)cc3)coc2c(C)c1OC. The number of allylic oxidation sites excluding steroid dienone is 1. The molecular formula is C25H29NO4. The van der Waals surface area contributed by atoms with E-state index in [1.54, 1.807) is 26.6 Å². The maximum atomic E-state index is 12.3. The van der Waals surface area contributed by atoms with E-state index in [2.05, 4.69) is 36.5 Å². The molecule has 0 unspecified atom stereocenters. The Labute approximate surface area is 177 Å². The molecule has 3 aromatic rings. The predicted molar refractivity (Wildman–Crippen MR) is 121 cm³/mol. The van der Waals surface area contributed by atoms with Gasteiger partial charge in [0.2, 0.25) is 5.91 Å². The third-order valence-corrected chi connectivity index (χ3v) is 5.21. The third-order valence-electron chi connectivity index (χ3n) is 5.21. The first kappa shape index (κ1) is 21.7. The van der Waals surface area contributed by atoms with Gasteiger partial charge in [0, 0.05) is 48.4 Å². The van der Waals surface area contributed by atoms with Crippen molar-refractivity contribution < 1.29 is 18.7 Å². The highest BCUT2D eigenvalue weighted by molar-refractivity contribution is 6.01. The van der Waals surface area contributed by atoms with Crippen LogP contribution >= 0.6 is 0 Å². The molecule has 0 radical (unpaired) electrons. The topological polar surface area (TPSA) is 60.7 Å². The van der Waals surface area contributed by atoms with Gasteiger partial charge in [0.1, 0.15) is 11.3 Å². The van der Waals surface area contributed by atoms with Crippen molar-refractivity contribution in [3.63, 3.8) is 0 Å². The van der Waals surface area contributed by atoms with E-state index in [1.807, 2.05) is 19.9 Å². The Morgan fingerprint density at radius 1 is 1.17 bits per heavy atom. The number of furan rings is 1. The number of methoxy groups -OCH3 is 2. The summed E-state index contributed by atoms with van der Waals surface area (Å²) in [5, 5.41) is 3.89. The van der Waals surface area contributed by atoms with Crippen LogP contribution in [0.25, 0.3) is 27.7 Å². The van der Waals surface area contributed by atoms with Gasteiger partial charge in [-0.1, -0.05) is 29.8 Å². The van der Waals surface area contributed by atoms with Gasteiger partial charge in [-0.15, -0.1) is 0 Å². The first-order chi connectivity index (χ1) is 14.5. The van der Waals surface area contributed by atoms with Gasteiger partial charge >= 0.3 is 0 Å². The molecule has 0 bridgehead atoms. The van der Waals surface area contributed by atoms with Crippen LogP contribution in [0.2, 0.25) is 0 Å². The van der Waals surface area contributed by atoms with Crippen LogP contribution in [0.15, 0.2) is 47.1 Å². The number of aryl methyl sites for hydroxylation is 2. The summed E-state index contributed by atoms with van der Waals surface area (Å²) >= 11 is 0. The molecule has 2 aromatic carbocycles. The molecule has 0 spiro atoms. The fraction of sp³-hybridized carbons (Fsp3) is 0.320. The molecule has 0 aliphatic carbocycles. The van der Waals surface area contributed by atoms with Crippen LogP contribution in [0.5, 0.6) is 5.75 Å². The molecule has 5 heteroatoms. The van der Waals surface area contributed by atoms with E-state index in [0.29, 0.717) is 18.9 Å². The Balaban J connectivity index is 2.01. The molecule has 0 saturated carbocycles. The van der Waals surface area contributed by atoms with Gasteiger partial charge in [-0.2, -0.15) is 0 Å². The van der Waals surface area contributed by atoms with E-state index in [-0.39, 0.29) is 5.91 Å². The summed E-state index contributed by atoms with van der Waals surface area (Å²) in [6, 6.07) is 10.4. The van der Waals surface area contributed by atoms with E-state index in [0.717, 1.165) is 45.2 Å². The predicted octanol–water partition coefficient (Wildman–Crippen LogP) is 5.28. The van der Waals surface area contributed by atoms with Crippen molar-refractivity contribution in [1.29, 1.82) is 0 Å². The smallest absolute Gasteiger partial charge is 0.244 e. The lowest BCUT2D eigenvalue weighted by atomic mass is 9.96. The minimum Gasteiger partial charge on any atom is -0.496 e. The second-order valence-corrected chi connectivity index (χ2v) is 7.44. The number of ether oxygens (including phenoxy) is 2. The first-order valence-corrected chi connectivity index (χ1v) is 10.1. The molecule has 158 valence electrons. The molecule has 1 N–H and O–H groups in total. The van der Waals surface area contributed by atoms with Crippen LogP contribution in [0.4, 0.5) is 0 Å². The van der Waals surface area contributed by atoms with Gasteiger partial charge in [-0.25, -0.2) is 0 Å². The average molecular weight is 408 g/mol. The molecule has 0 aliphatic heterocycles. The van der Waals surface area contributed by atoms with Gasteiger partial charge < -0.3 is 19.2 Å². The number of carbonyl (C=O) groups excluding carboxylic acids is 1. The van der Waals surface area contributed by atoms with Crippen LogP contribution in [0.1, 0.15) is 30.0 Å². The summed E-state index contributed by atoms with van der Waals surface area (Å²) < 4.78 is 16.6. The van der Waals surface area contributed by atoms with Crippen LogP contribution < -0.4 is 10.1 Å². The van der Waals surface area contributed by atoms with Crippen molar-refractivity contribution in [2.45, 2.75) is 27.2 Å². The minimum absolute atomic E-state index is 0.130. The van der Waals surface area contributed by atoms with E-state index < -0.39 is 0 Å².